The predicted molar refractivity (Wildman–Crippen MR) is 117 cm³/mol. The molecule has 33 heavy (non-hydrogen) atoms. The van der Waals surface area contributed by atoms with Crippen LogP contribution in [0.25, 0.3) is 11.3 Å². The molecule has 0 spiro atoms. The molecule has 0 amide bonds. The Morgan fingerprint density at radius 2 is 1.85 bits per heavy atom. The summed E-state index contributed by atoms with van der Waals surface area (Å²) in [5.41, 5.74) is 9.43. The van der Waals surface area contributed by atoms with Crippen molar-refractivity contribution in [2.75, 3.05) is 5.73 Å². The number of ether oxygens (including phenoxy) is 1. The highest BCUT2D eigenvalue weighted by molar-refractivity contribution is 7.46. The van der Waals surface area contributed by atoms with Gasteiger partial charge >= 0.3 is 7.82 Å². The van der Waals surface area contributed by atoms with Crippen molar-refractivity contribution in [1.29, 1.82) is 0 Å². The van der Waals surface area contributed by atoms with Gasteiger partial charge in [0.15, 0.2) is 5.76 Å². The van der Waals surface area contributed by atoms with Crippen LogP contribution >= 0.6 is 7.82 Å². The van der Waals surface area contributed by atoms with E-state index in [2.05, 4.69) is 14.7 Å². The summed E-state index contributed by atoms with van der Waals surface area (Å²) in [6.07, 6.45) is 3.78. The van der Waals surface area contributed by atoms with Gasteiger partial charge in [0, 0.05) is 24.8 Å². The lowest BCUT2D eigenvalue weighted by Crippen LogP contribution is -2.38. The Labute approximate surface area is 189 Å². The Balaban J connectivity index is 1.40. The minimum atomic E-state index is -4.62. The van der Waals surface area contributed by atoms with E-state index in [0.29, 0.717) is 35.9 Å². The fourth-order valence-corrected chi connectivity index (χ4v) is 3.37. The Kier molecular flexibility index (Phi) is 6.81. The second kappa shape index (κ2) is 9.93. The Hall–Kier alpha value is -3.56. The molecular weight excluding hydrogens is 447 g/mol. The van der Waals surface area contributed by atoms with Gasteiger partial charge in [-0.15, -0.1) is 0 Å². The summed E-state index contributed by atoms with van der Waals surface area (Å²) in [7, 11) is -4.62. The number of hydrogen-bond donors (Lipinski definition) is 3. The minimum absolute atomic E-state index is 0.228. The molecule has 1 aromatic carbocycles. The standard InChI is InChI=1S/C22H21N4O6P/c23-22-19(4-3-11-26(22)15-31-33(27,28)29)20-13-18(25-32-20)12-16-6-8-17(9-7-16)14-30-21-5-1-2-10-24-21/h1-11,13,23H,12,14-15H2,(H2,27,28,29)/p+1. The first kappa shape index (κ1) is 22.6. The first-order chi connectivity index (χ1) is 15.9. The van der Waals surface area contributed by atoms with E-state index in [1.807, 2.05) is 42.5 Å². The quantitative estimate of drug-likeness (QED) is 0.249. The maximum Gasteiger partial charge on any atom is 0.472 e. The summed E-state index contributed by atoms with van der Waals surface area (Å²) in [4.78, 5) is 21.9. The number of phosphoric ester groups is 1. The highest BCUT2D eigenvalue weighted by Crippen LogP contribution is 2.35. The van der Waals surface area contributed by atoms with Crippen LogP contribution < -0.4 is 15.0 Å². The van der Waals surface area contributed by atoms with Gasteiger partial charge in [-0.1, -0.05) is 35.5 Å². The summed E-state index contributed by atoms with van der Waals surface area (Å²) in [5, 5.41) is 4.11. The van der Waals surface area contributed by atoms with E-state index in [1.54, 1.807) is 30.6 Å². The van der Waals surface area contributed by atoms with Crippen molar-refractivity contribution >= 4 is 13.6 Å². The van der Waals surface area contributed by atoms with Crippen LogP contribution in [0, 0.1) is 0 Å². The summed E-state index contributed by atoms with van der Waals surface area (Å²) in [5.74, 6) is 1.24. The maximum atomic E-state index is 11.0. The van der Waals surface area contributed by atoms with E-state index < -0.39 is 14.6 Å². The molecule has 11 heteroatoms. The number of aromatic nitrogens is 3. The highest BCUT2D eigenvalue weighted by atomic mass is 31.2. The van der Waals surface area contributed by atoms with Crippen LogP contribution in [0.5, 0.6) is 5.88 Å². The van der Waals surface area contributed by atoms with Crippen LogP contribution in [-0.4, -0.2) is 19.9 Å². The molecule has 4 N–H and O–H groups in total. The normalized spacial score (nSPS) is 11.5. The van der Waals surface area contributed by atoms with Crippen molar-refractivity contribution in [3.8, 4) is 17.2 Å². The monoisotopic (exact) mass is 469 g/mol. The van der Waals surface area contributed by atoms with Gasteiger partial charge in [0.2, 0.25) is 12.6 Å². The van der Waals surface area contributed by atoms with Gasteiger partial charge in [-0.2, -0.15) is 0 Å². The van der Waals surface area contributed by atoms with Gasteiger partial charge in [-0.05, 0) is 29.3 Å². The van der Waals surface area contributed by atoms with Gasteiger partial charge in [-0.25, -0.2) is 18.6 Å². The zero-order chi connectivity index (χ0) is 23.3. The molecule has 0 radical (unpaired) electrons. The molecule has 0 aliphatic heterocycles. The van der Waals surface area contributed by atoms with Crippen molar-refractivity contribution in [3.05, 3.63) is 89.9 Å². The predicted octanol–water partition coefficient (Wildman–Crippen LogP) is 2.84. The number of nitrogen functional groups attached to an aromatic ring is 1. The van der Waals surface area contributed by atoms with Gasteiger partial charge in [0.05, 0.1) is 11.9 Å². The number of rotatable bonds is 9. The first-order valence-corrected chi connectivity index (χ1v) is 11.5. The summed E-state index contributed by atoms with van der Waals surface area (Å²) >= 11 is 0. The number of nitrogens with zero attached hydrogens (tertiary/aromatic N) is 3. The molecule has 0 unspecified atom stereocenters. The molecule has 3 heterocycles. The molecule has 4 rings (SSSR count). The van der Waals surface area contributed by atoms with Gasteiger partial charge < -0.3 is 19.0 Å². The second-order valence-corrected chi connectivity index (χ2v) is 8.40. The molecule has 0 bridgehead atoms. The molecule has 0 atom stereocenters. The third kappa shape index (κ3) is 6.24. The fraction of sp³-hybridized carbons (Fsp3) is 0.136. The third-order valence-corrected chi connectivity index (χ3v) is 5.19. The summed E-state index contributed by atoms with van der Waals surface area (Å²) in [6.45, 7) is 0.0196. The molecule has 170 valence electrons. The largest absolute Gasteiger partial charge is 0.473 e. The number of anilines is 1. The van der Waals surface area contributed by atoms with Crippen molar-refractivity contribution in [3.63, 3.8) is 0 Å². The molecule has 0 saturated carbocycles. The number of phosphoric acid groups is 1. The van der Waals surface area contributed by atoms with Crippen LogP contribution in [0.4, 0.5) is 5.82 Å². The molecule has 0 fully saturated rings. The molecule has 0 aliphatic carbocycles. The number of pyridine rings is 2. The number of benzene rings is 1. The van der Waals surface area contributed by atoms with Crippen molar-refractivity contribution in [2.24, 2.45) is 0 Å². The van der Waals surface area contributed by atoms with Gasteiger partial charge in [-0.3, -0.25) is 5.73 Å². The lowest BCUT2D eigenvalue weighted by atomic mass is 10.1. The zero-order valence-corrected chi connectivity index (χ0v) is 18.3. The average Bonchev–Trinajstić information content (AvgIpc) is 3.26. The van der Waals surface area contributed by atoms with E-state index in [9.17, 15) is 4.57 Å². The van der Waals surface area contributed by atoms with Crippen molar-refractivity contribution < 1.29 is 32.7 Å². The Bertz CT molecular complexity index is 1260. The van der Waals surface area contributed by atoms with Crippen molar-refractivity contribution in [1.82, 2.24) is 10.1 Å². The molecular formula is C22H22N4O6P+. The van der Waals surface area contributed by atoms with Crippen LogP contribution in [0.3, 0.4) is 0 Å². The van der Waals surface area contributed by atoms with Gasteiger partial charge in [0.1, 0.15) is 12.2 Å². The van der Waals surface area contributed by atoms with Crippen LogP contribution in [-0.2, 0) is 28.8 Å². The van der Waals surface area contributed by atoms with E-state index >= 15 is 0 Å². The fourth-order valence-electron chi connectivity index (χ4n) is 3.10. The average molecular weight is 469 g/mol. The molecule has 3 aromatic heterocycles. The maximum absolute atomic E-state index is 11.0. The van der Waals surface area contributed by atoms with Crippen LogP contribution in [0.1, 0.15) is 16.8 Å². The Morgan fingerprint density at radius 1 is 1.06 bits per heavy atom. The van der Waals surface area contributed by atoms with Crippen LogP contribution in [0.2, 0.25) is 0 Å². The lowest BCUT2D eigenvalue weighted by molar-refractivity contribution is -0.711. The van der Waals surface area contributed by atoms with E-state index in [0.717, 1.165) is 11.1 Å². The topological polar surface area (TPSA) is 145 Å². The third-order valence-electron chi connectivity index (χ3n) is 4.74. The van der Waals surface area contributed by atoms with Crippen molar-refractivity contribution in [2.45, 2.75) is 19.8 Å². The zero-order valence-electron chi connectivity index (χ0n) is 17.4. The molecule has 10 nitrogen and oxygen atoms in total. The van der Waals surface area contributed by atoms with E-state index in [1.165, 1.54) is 4.57 Å². The number of hydrogen-bond acceptors (Lipinski definition) is 7. The van der Waals surface area contributed by atoms with E-state index in [4.69, 9.17) is 24.8 Å². The number of nitrogens with two attached hydrogens (primary N) is 1. The first-order valence-electron chi connectivity index (χ1n) is 9.93. The van der Waals surface area contributed by atoms with E-state index in [-0.39, 0.29) is 5.82 Å². The second-order valence-electron chi connectivity index (χ2n) is 7.16. The summed E-state index contributed by atoms with van der Waals surface area (Å²) in [6, 6.07) is 18.6. The highest BCUT2D eigenvalue weighted by Gasteiger charge is 2.20. The molecule has 0 aliphatic rings. The van der Waals surface area contributed by atoms with Gasteiger partial charge in [0.25, 0.3) is 5.82 Å². The van der Waals surface area contributed by atoms with Crippen LogP contribution in [0.15, 0.2) is 77.6 Å². The minimum Gasteiger partial charge on any atom is -0.473 e. The molecule has 0 saturated heterocycles. The SMILES string of the molecule is Nc1c(-c2cc(Cc3ccc(COc4ccccn4)cc3)no2)ccc[n+]1COP(=O)(O)O. The molecule has 4 aromatic rings. The Morgan fingerprint density at radius 3 is 2.58 bits per heavy atom. The summed E-state index contributed by atoms with van der Waals surface area (Å²) < 4.78 is 27.9. The lowest BCUT2D eigenvalue weighted by Gasteiger charge is -2.07. The smallest absolute Gasteiger partial charge is 0.472 e.